The fourth-order valence-corrected chi connectivity index (χ4v) is 3.92. The molecule has 0 aromatic carbocycles. The molecule has 0 amide bonds. The second-order valence-electron chi connectivity index (χ2n) is 4.27. The quantitative estimate of drug-likeness (QED) is 0.719. The molecule has 2 aliphatic rings. The summed E-state index contributed by atoms with van der Waals surface area (Å²) in [6.45, 7) is 1.99. The summed E-state index contributed by atoms with van der Waals surface area (Å²) in [6, 6.07) is 0. The van der Waals surface area contributed by atoms with Crippen molar-refractivity contribution >= 4 is 10.2 Å². The van der Waals surface area contributed by atoms with E-state index in [1.807, 2.05) is 0 Å². The highest BCUT2D eigenvalue weighted by molar-refractivity contribution is 7.86. The summed E-state index contributed by atoms with van der Waals surface area (Å²) in [5, 5.41) is 9.34. The zero-order valence-corrected chi connectivity index (χ0v) is 9.62. The van der Waals surface area contributed by atoms with Gasteiger partial charge in [0.2, 0.25) is 0 Å². The van der Waals surface area contributed by atoms with Gasteiger partial charge in [0.25, 0.3) is 10.2 Å². The van der Waals surface area contributed by atoms with Crippen LogP contribution in [0.15, 0.2) is 0 Å². The maximum absolute atomic E-state index is 12.1. The molecule has 5 nitrogen and oxygen atoms in total. The molecule has 0 unspecified atom stereocenters. The molecule has 2 heterocycles. The van der Waals surface area contributed by atoms with Crippen molar-refractivity contribution in [1.82, 2.24) is 8.61 Å². The largest absolute Gasteiger partial charge is 0.392 e. The highest BCUT2D eigenvalue weighted by atomic mass is 32.2. The zero-order chi connectivity index (χ0) is 10.9. The average molecular weight is 234 g/mol. The van der Waals surface area contributed by atoms with Gasteiger partial charge in [-0.1, -0.05) is 6.42 Å². The number of hydrogen-bond acceptors (Lipinski definition) is 3. The van der Waals surface area contributed by atoms with E-state index in [-0.39, 0.29) is 6.54 Å². The molecule has 0 aromatic heterocycles. The Bertz CT molecular complexity index is 301. The maximum atomic E-state index is 12.1. The number of aliphatic hydroxyl groups is 1. The van der Waals surface area contributed by atoms with Crippen molar-refractivity contribution in [3.05, 3.63) is 0 Å². The zero-order valence-electron chi connectivity index (χ0n) is 8.80. The van der Waals surface area contributed by atoms with Crippen LogP contribution in [0.2, 0.25) is 0 Å². The highest BCUT2D eigenvalue weighted by Gasteiger charge is 2.35. The Labute approximate surface area is 90.9 Å². The molecule has 15 heavy (non-hydrogen) atoms. The Morgan fingerprint density at radius 1 is 1.00 bits per heavy atom. The molecule has 88 valence electrons. The summed E-state index contributed by atoms with van der Waals surface area (Å²) in [7, 11) is -3.29. The minimum atomic E-state index is -3.29. The molecule has 0 radical (unpaired) electrons. The van der Waals surface area contributed by atoms with Crippen LogP contribution in [-0.2, 0) is 10.2 Å². The number of hydrogen-bond donors (Lipinski definition) is 1. The predicted octanol–water partition coefficient (Wildman–Crippen LogP) is -0.216. The number of nitrogens with zero attached hydrogens (tertiary/aromatic N) is 2. The Hall–Kier alpha value is -0.170. The van der Waals surface area contributed by atoms with Crippen molar-refractivity contribution in [2.45, 2.75) is 31.8 Å². The third-order valence-electron chi connectivity index (χ3n) is 3.09. The normalized spacial score (nSPS) is 30.9. The molecule has 2 fully saturated rings. The highest BCUT2D eigenvalue weighted by Crippen LogP contribution is 2.20. The number of β-amino-alcohol motifs (C(OH)–C–C–N with tert-alkyl or cyclic N) is 1. The number of aliphatic hydroxyl groups excluding tert-OH is 1. The molecule has 0 aliphatic carbocycles. The minimum absolute atomic E-state index is 0.263. The van der Waals surface area contributed by atoms with E-state index >= 15 is 0 Å². The second kappa shape index (κ2) is 4.37. The van der Waals surface area contributed by atoms with Crippen LogP contribution >= 0.6 is 0 Å². The first kappa shape index (κ1) is 11.3. The first-order valence-corrected chi connectivity index (χ1v) is 6.94. The van der Waals surface area contributed by atoms with E-state index in [0.29, 0.717) is 26.1 Å². The lowest BCUT2D eigenvalue weighted by Gasteiger charge is -2.29. The molecule has 0 bridgehead atoms. The van der Waals surface area contributed by atoms with Gasteiger partial charge in [-0.3, -0.25) is 0 Å². The van der Waals surface area contributed by atoms with Crippen molar-refractivity contribution in [2.24, 2.45) is 0 Å². The van der Waals surface area contributed by atoms with Gasteiger partial charge in [0.1, 0.15) is 0 Å². The summed E-state index contributed by atoms with van der Waals surface area (Å²) >= 11 is 0. The predicted molar refractivity (Wildman–Crippen MR) is 56.5 cm³/mol. The first-order valence-electron chi connectivity index (χ1n) is 5.54. The third kappa shape index (κ3) is 2.33. The Balaban J connectivity index is 2.05. The third-order valence-corrected chi connectivity index (χ3v) is 5.10. The Kier molecular flexibility index (Phi) is 3.30. The summed E-state index contributed by atoms with van der Waals surface area (Å²) in [5.74, 6) is 0. The van der Waals surface area contributed by atoms with Gasteiger partial charge in [-0.15, -0.1) is 0 Å². The molecule has 6 heteroatoms. The molecule has 2 aliphatic heterocycles. The molecule has 1 N–H and O–H groups in total. The van der Waals surface area contributed by atoms with Crippen LogP contribution in [0, 0.1) is 0 Å². The number of rotatable bonds is 2. The van der Waals surface area contributed by atoms with Gasteiger partial charge >= 0.3 is 0 Å². The molecule has 0 aromatic rings. The van der Waals surface area contributed by atoms with Crippen LogP contribution in [0.3, 0.4) is 0 Å². The van der Waals surface area contributed by atoms with Crippen molar-refractivity contribution < 1.29 is 13.5 Å². The van der Waals surface area contributed by atoms with Crippen LogP contribution in [0.1, 0.15) is 25.7 Å². The second-order valence-corrected chi connectivity index (χ2v) is 6.20. The lowest BCUT2D eigenvalue weighted by molar-refractivity contribution is 0.187. The van der Waals surface area contributed by atoms with E-state index in [0.717, 1.165) is 19.3 Å². The first-order chi connectivity index (χ1) is 7.10. The summed E-state index contributed by atoms with van der Waals surface area (Å²) in [6.07, 6.45) is 3.11. The van der Waals surface area contributed by atoms with Crippen molar-refractivity contribution in [1.29, 1.82) is 0 Å². The lowest BCUT2D eigenvalue weighted by Crippen LogP contribution is -2.45. The van der Waals surface area contributed by atoms with Gasteiger partial charge in [0.15, 0.2) is 0 Å². The SMILES string of the molecule is O=S(=O)(N1CCCCC1)N1CC[C@H](O)C1. The minimum Gasteiger partial charge on any atom is -0.392 e. The topological polar surface area (TPSA) is 60.9 Å². The van der Waals surface area contributed by atoms with Crippen LogP contribution < -0.4 is 0 Å². The monoisotopic (exact) mass is 234 g/mol. The fourth-order valence-electron chi connectivity index (χ4n) is 2.18. The van der Waals surface area contributed by atoms with Gasteiger partial charge in [-0.2, -0.15) is 17.0 Å². The van der Waals surface area contributed by atoms with Gasteiger partial charge in [0, 0.05) is 26.2 Å². The number of piperidine rings is 1. The van der Waals surface area contributed by atoms with Gasteiger partial charge in [-0.25, -0.2) is 0 Å². The van der Waals surface area contributed by atoms with E-state index in [2.05, 4.69) is 0 Å². The molecule has 0 saturated carbocycles. The van der Waals surface area contributed by atoms with Crippen molar-refractivity contribution in [3.63, 3.8) is 0 Å². The molecular formula is C9H18N2O3S. The Morgan fingerprint density at radius 3 is 2.20 bits per heavy atom. The molecule has 0 spiro atoms. The van der Waals surface area contributed by atoms with E-state index in [1.165, 1.54) is 4.31 Å². The smallest absolute Gasteiger partial charge is 0.282 e. The van der Waals surface area contributed by atoms with Crippen molar-refractivity contribution in [2.75, 3.05) is 26.2 Å². The standard InChI is InChI=1S/C9H18N2O3S/c12-9-4-7-11(8-9)15(13,14)10-5-2-1-3-6-10/h9,12H,1-8H2/t9-/m0/s1. The van der Waals surface area contributed by atoms with Crippen LogP contribution in [0.4, 0.5) is 0 Å². The van der Waals surface area contributed by atoms with Crippen LogP contribution in [-0.4, -0.2) is 54.4 Å². The average Bonchev–Trinajstić information content (AvgIpc) is 2.67. The van der Waals surface area contributed by atoms with Gasteiger partial charge < -0.3 is 5.11 Å². The van der Waals surface area contributed by atoms with E-state index in [4.69, 9.17) is 0 Å². The van der Waals surface area contributed by atoms with E-state index < -0.39 is 16.3 Å². The summed E-state index contributed by atoms with van der Waals surface area (Å²) in [4.78, 5) is 0. The van der Waals surface area contributed by atoms with Crippen LogP contribution in [0.25, 0.3) is 0 Å². The van der Waals surface area contributed by atoms with E-state index in [1.54, 1.807) is 4.31 Å². The maximum Gasteiger partial charge on any atom is 0.282 e. The Morgan fingerprint density at radius 2 is 1.67 bits per heavy atom. The summed E-state index contributed by atoms with van der Waals surface area (Å²) < 4.78 is 27.1. The fraction of sp³-hybridized carbons (Fsp3) is 1.00. The van der Waals surface area contributed by atoms with Crippen molar-refractivity contribution in [3.8, 4) is 0 Å². The molecule has 2 saturated heterocycles. The van der Waals surface area contributed by atoms with Gasteiger partial charge in [0.05, 0.1) is 6.10 Å². The summed E-state index contributed by atoms with van der Waals surface area (Å²) in [5.41, 5.74) is 0. The van der Waals surface area contributed by atoms with Gasteiger partial charge in [-0.05, 0) is 19.3 Å². The molecule has 2 rings (SSSR count). The lowest BCUT2D eigenvalue weighted by atomic mass is 10.2. The van der Waals surface area contributed by atoms with E-state index in [9.17, 15) is 13.5 Å². The molecular weight excluding hydrogens is 216 g/mol. The van der Waals surface area contributed by atoms with Crippen LogP contribution in [0.5, 0.6) is 0 Å². The molecule has 1 atom stereocenters.